The lowest BCUT2D eigenvalue weighted by Gasteiger charge is -2.40. The van der Waals surface area contributed by atoms with Crippen LogP contribution >= 0.6 is 0 Å². The van der Waals surface area contributed by atoms with Crippen molar-refractivity contribution in [3.05, 3.63) is 75.6 Å². The minimum Gasteiger partial charge on any atom is -0.497 e. The molecule has 2 aliphatic rings. The van der Waals surface area contributed by atoms with Crippen LogP contribution in [-0.2, 0) is 0 Å². The largest absolute Gasteiger partial charge is 0.497 e. The van der Waals surface area contributed by atoms with Crippen molar-refractivity contribution in [1.82, 2.24) is 13.9 Å². The molecule has 3 atom stereocenters. The van der Waals surface area contributed by atoms with Gasteiger partial charge in [0.15, 0.2) is 0 Å². The van der Waals surface area contributed by atoms with E-state index in [9.17, 15) is 9.59 Å². The quantitative estimate of drug-likeness (QED) is 0.609. The molecule has 30 heavy (non-hydrogen) atoms. The first-order valence-electron chi connectivity index (χ1n) is 10.6. The molecule has 1 aliphatic carbocycles. The van der Waals surface area contributed by atoms with Gasteiger partial charge in [0.25, 0.3) is 0 Å². The molecule has 5 rings (SSSR count). The zero-order chi connectivity index (χ0) is 21.0. The van der Waals surface area contributed by atoms with Gasteiger partial charge in [-0.25, -0.2) is 23.5 Å². The van der Waals surface area contributed by atoms with E-state index in [0.29, 0.717) is 5.69 Å². The van der Waals surface area contributed by atoms with Gasteiger partial charge in [-0.2, -0.15) is 0 Å². The first-order chi connectivity index (χ1) is 14.5. The number of hydrogen-bond acceptors (Lipinski definition) is 3. The minimum atomic E-state index is -2.07. The van der Waals surface area contributed by atoms with Crippen LogP contribution in [0.15, 0.2) is 64.2 Å². The standard InChI is InChI=1S/C23H27N3O3Si/c1-29-19-14-7-8-15-20(19)30(2,3)21-17-12-9-13-18(21)26-23(28)24(22(27)25(17)26)16-10-5-4-6-11-16/h4-8,10-11,14-15,17-18,21H,9,12-13H2,1-3H3/t17-,18+,21?. The zero-order valence-corrected chi connectivity index (χ0v) is 18.6. The first-order valence-corrected chi connectivity index (χ1v) is 13.7. The van der Waals surface area contributed by atoms with E-state index in [1.54, 1.807) is 16.5 Å². The maximum absolute atomic E-state index is 13.5. The van der Waals surface area contributed by atoms with Gasteiger partial charge in [0.1, 0.15) is 5.75 Å². The highest BCUT2D eigenvalue weighted by Crippen LogP contribution is 2.54. The monoisotopic (exact) mass is 421 g/mol. The molecule has 0 radical (unpaired) electrons. The summed E-state index contributed by atoms with van der Waals surface area (Å²) >= 11 is 0. The van der Waals surface area contributed by atoms with E-state index in [0.717, 1.165) is 25.0 Å². The summed E-state index contributed by atoms with van der Waals surface area (Å²) in [6, 6.07) is 17.6. The molecule has 1 aliphatic heterocycles. The second kappa shape index (κ2) is 6.87. The Balaban J connectivity index is 1.67. The zero-order valence-electron chi connectivity index (χ0n) is 17.6. The molecule has 1 aromatic heterocycles. The average molecular weight is 422 g/mol. The van der Waals surface area contributed by atoms with Gasteiger partial charge in [0, 0.05) is 5.54 Å². The summed E-state index contributed by atoms with van der Waals surface area (Å²) in [5, 5.41) is 1.26. The fourth-order valence-corrected chi connectivity index (χ4v) is 10.1. The third kappa shape index (κ3) is 2.54. The molecule has 156 valence electrons. The van der Waals surface area contributed by atoms with Crippen LogP contribution in [0.4, 0.5) is 0 Å². The third-order valence-electron chi connectivity index (χ3n) is 7.11. The Bertz CT molecular complexity index is 1160. The van der Waals surface area contributed by atoms with Crippen molar-refractivity contribution in [1.29, 1.82) is 0 Å². The minimum absolute atomic E-state index is 0.0560. The highest BCUT2D eigenvalue weighted by molar-refractivity contribution is 6.91. The van der Waals surface area contributed by atoms with Gasteiger partial charge in [0.2, 0.25) is 0 Å². The van der Waals surface area contributed by atoms with Crippen LogP contribution in [0.5, 0.6) is 5.75 Å². The summed E-state index contributed by atoms with van der Waals surface area (Å²) in [5.74, 6) is 0.915. The molecular weight excluding hydrogens is 394 g/mol. The second-order valence-electron chi connectivity index (χ2n) is 8.94. The lowest BCUT2D eigenvalue weighted by atomic mass is 9.92. The van der Waals surface area contributed by atoms with Crippen LogP contribution in [0.2, 0.25) is 18.6 Å². The Morgan fingerprint density at radius 1 is 0.867 bits per heavy atom. The van der Waals surface area contributed by atoms with E-state index in [1.165, 1.54) is 9.75 Å². The molecular formula is C23H27N3O3Si. The lowest BCUT2D eigenvalue weighted by molar-refractivity contribution is 0.361. The normalized spacial score (nSPS) is 22.7. The van der Waals surface area contributed by atoms with Crippen LogP contribution in [0.25, 0.3) is 5.69 Å². The Labute approximate surface area is 176 Å². The molecule has 1 saturated carbocycles. The fourth-order valence-electron chi connectivity index (χ4n) is 5.89. The van der Waals surface area contributed by atoms with Crippen LogP contribution in [0.3, 0.4) is 0 Å². The smallest absolute Gasteiger partial charge is 0.352 e. The molecule has 0 N–H and O–H groups in total. The number of fused-ring (bicyclic) bond motifs is 5. The number of aromatic nitrogens is 3. The van der Waals surface area contributed by atoms with Crippen molar-refractivity contribution in [3.63, 3.8) is 0 Å². The van der Waals surface area contributed by atoms with E-state index >= 15 is 0 Å². The van der Waals surface area contributed by atoms with Gasteiger partial charge >= 0.3 is 11.4 Å². The van der Waals surface area contributed by atoms with Gasteiger partial charge in [-0.15, -0.1) is 0 Å². The SMILES string of the molecule is COc1ccccc1[Si](C)(C)C1[C@H]2CCC[C@@H]1n1c(=O)n(-c3ccccc3)c(=O)n12. The highest BCUT2D eigenvalue weighted by atomic mass is 28.3. The molecule has 0 saturated heterocycles. The summed E-state index contributed by atoms with van der Waals surface area (Å²) in [6.07, 6.45) is 2.91. The van der Waals surface area contributed by atoms with Crippen molar-refractivity contribution in [3.8, 4) is 11.4 Å². The van der Waals surface area contributed by atoms with Gasteiger partial charge in [-0.05, 0) is 42.6 Å². The number of para-hydroxylation sites is 2. The van der Waals surface area contributed by atoms with E-state index < -0.39 is 8.07 Å². The number of hydrogen-bond donors (Lipinski definition) is 0. The van der Waals surface area contributed by atoms with E-state index in [4.69, 9.17) is 4.74 Å². The van der Waals surface area contributed by atoms with Crippen molar-refractivity contribution >= 4 is 13.3 Å². The molecule has 6 nitrogen and oxygen atoms in total. The van der Waals surface area contributed by atoms with Crippen molar-refractivity contribution in [2.75, 3.05) is 7.11 Å². The van der Waals surface area contributed by atoms with Crippen LogP contribution in [-0.4, -0.2) is 29.1 Å². The Morgan fingerprint density at radius 3 is 2.03 bits per heavy atom. The van der Waals surface area contributed by atoms with E-state index in [1.807, 2.05) is 42.5 Å². The summed E-state index contributed by atoms with van der Waals surface area (Å²) in [4.78, 5) is 26.9. The molecule has 7 heteroatoms. The average Bonchev–Trinajstić information content (AvgIpc) is 3.15. The number of rotatable bonds is 4. The molecule has 2 aromatic carbocycles. The van der Waals surface area contributed by atoms with Gasteiger partial charge in [-0.3, -0.25) is 0 Å². The number of benzene rings is 2. The number of nitrogens with zero attached hydrogens (tertiary/aromatic N) is 3. The summed E-state index contributed by atoms with van der Waals surface area (Å²) < 4.78 is 10.6. The third-order valence-corrected chi connectivity index (χ3v) is 11.4. The molecule has 0 amide bonds. The lowest BCUT2D eigenvalue weighted by Crippen LogP contribution is -2.51. The predicted octanol–water partition coefficient (Wildman–Crippen LogP) is 3.07. The number of ether oxygens (including phenoxy) is 1. The maximum atomic E-state index is 13.5. The molecule has 2 heterocycles. The second-order valence-corrected chi connectivity index (χ2v) is 13.6. The molecule has 0 spiro atoms. The van der Waals surface area contributed by atoms with Crippen molar-refractivity contribution in [2.45, 2.75) is 50.0 Å². The molecule has 1 fully saturated rings. The molecule has 2 bridgehead atoms. The number of methoxy groups -OCH3 is 1. The molecule has 3 aromatic rings. The van der Waals surface area contributed by atoms with E-state index in [-0.39, 0.29) is 29.0 Å². The first kappa shape index (κ1) is 19.2. The summed E-state index contributed by atoms with van der Waals surface area (Å²) in [6.45, 7) is 4.71. The van der Waals surface area contributed by atoms with Crippen LogP contribution < -0.4 is 21.3 Å². The molecule has 1 unspecified atom stereocenters. The summed E-state index contributed by atoms with van der Waals surface area (Å²) in [7, 11) is -0.352. The Hall–Kier alpha value is -2.80. The predicted molar refractivity (Wildman–Crippen MR) is 120 cm³/mol. The maximum Gasteiger partial charge on any atom is 0.352 e. The Morgan fingerprint density at radius 2 is 1.43 bits per heavy atom. The van der Waals surface area contributed by atoms with Gasteiger partial charge < -0.3 is 4.74 Å². The van der Waals surface area contributed by atoms with Crippen molar-refractivity contribution in [2.24, 2.45) is 0 Å². The summed E-state index contributed by atoms with van der Waals surface area (Å²) in [5.41, 5.74) is 0.497. The van der Waals surface area contributed by atoms with Gasteiger partial charge in [-0.1, -0.05) is 49.5 Å². The van der Waals surface area contributed by atoms with Crippen molar-refractivity contribution < 1.29 is 4.74 Å². The Kier molecular flexibility index (Phi) is 4.39. The highest BCUT2D eigenvalue weighted by Gasteiger charge is 2.54. The van der Waals surface area contributed by atoms with Gasteiger partial charge in [0.05, 0.1) is 33.0 Å². The van der Waals surface area contributed by atoms with Crippen LogP contribution in [0.1, 0.15) is 31.3 Å². The fraction of sp³-hybridized carbons (Fsp3) is 0.391. The topological polar surface area (TPSA) is 58.2 Å². The van der Waals surface area contributed by atoms with Crippen LogP contribution in [0, 0.1) is 0 Å². The van der Waals surface area contributed by atoms with E-state index in [2.05, 4.69) is 25.2 Å².